The first-order chi connectivity index (χ1) is 17.3. The molecular formula is C30H42O6. The van der Waals surface area contributed by atoms with Gasteiger partial charge in [-0.2, -0.15) is 0 Å². The van der Waals surface area contributed by atoms with Crippen molar-refractivity contribution in [2.24, 2.45) is 17.3 Å². The highest BCUT2D eigenvalue weighted by molar-refractivity contribution is 5.45. The first-order valence-corrected chi connectivity index (χ1v) is 13.6. The lowest BCUT2D eigenvalue weighted by atomic mass is 9.50. The summed E-state index contributed by atoms with van der Waals surface area (Å²) in [7, 11) is 6.74. The summed E-state index contributed by atoms with van der Waals surface area (Å²) in [4.78, 5) is 0. The van der Waals surface area contributed by atoms with E-state index < -0.39 is 11.4 Å². The van der Waals surface area contributed by atoms with Gasteiger partial charge in [-0.3, -0.25) is 0 Å². The summed E-state index contributed by atoms with van der Waals surface area (Å²) in [5.74, 6) is 0.675. The molecule has 1 heterocycles. The molecule has 0 amide bonds. The zero-order chi connectivity index (χ0) is 25.3. The van der Waals surface area contributed by atoms with Crippen LogP contribution in [0.15, 0.2) is 35.4 Å². The fourth-order valence-electron chi connectivity index (χ4n) is 8.89. The largest absolute Gasteiger partial charge is 0.385 e. The number of hydrogen-bond donors (Lipinski definition) is 1. The van der Waals surface area contributed by atoms with Gasteiger partial charge in [-0.1, -0.05) is 36.8 Å². The quantitative estimate of drug-likeness (QED) is 0.328. The maximum Gasteiger partial charge on any atom is 0.183 e. The van der Waals surface area contributed by atoms with Crippen molar-refractivity contribution in [1.82, 2.24) is 0 Å². The number of epoxide rings is 1. The number of aliphatic hydroxyl groups is 1. The first kappa shape index (κ1) is 25.0. The molecule has 1 saturated heterocycles. The summed E-state index contributed by atoms with van der Waals surface area (Å²) in [5.41, 5.74) is 4.47. The highest BCUT2D eigenvalue weighted by Gasteiger charge is 2.70. The second-order valence-corrected chi connectivity index (χ2v) is 12.2. The van der Waals surface area contributed by atoms with Crippen LogP contribution in [-0.2, 0) is 23.7 Å². The van der Waals surface area contributed by atoms with E-state index in [-0.39, 0.29) is 23.2 Å². The molecular weight excluding hydrogens is 456 g/mol. The van der Waals surface area contributed by atoms with Gasteiger partial charge in [-0.05, 0) is 61.5 Å². The van der Waals surface area contributed by atoms with Crippen molar-refractivity contribution in [3.8, 4) is 0 Å². The Morgan fingerprint density at radius 1 is 0.972 bits per heavy atom. The van der Waals surface area contributed by atoms with Crippen LogP contribution in [0.25, 0.3) is 0 Å². The predicted molar refractivity (Wildman–Crippen MR) is 135 cm³/mol. The van der Waals surface area contributed by atoms with Crippen molar-refractivity contribution < 1.29 is 28.8 Å². The van der Waals surface area contributed by atoms with Gasteiger partial charge in [0.2, 0.25) is 0 Å². The second kappa shape index (κ2) is 8.62. The molecule has 1 aliphatic heterocycles. The van der Waals surface area contributed by atoms with E-state index in [1.807, 2.05) is 0 Å². The van der Waals surface area contributed by atoms with Gasteiger partial charge in [-0.25, -0.2) is 0 Å². The van der Waals surface area contributed by atoms with Crippen molar-refractivity contribution in [1.29, 1.82) is 0 Å². The number of benzene rings is 1. The molecule has 1 aromatic carbocycles. The Morgan fingerprint density at radius 2 is 1.67 bits per heavy atom. The lowest BCUT2D eigenvalue weighted by Gasteiger charge is -2.56. The molecule has 0 radical (unpaired) electrons. The summed E-state index contributed by atoms with van der Waals surface area (Å²) < 4.78 is 28.8. The van der Waals surface area contributed by atoms with E-state index in [0.717, 1.165) is 44.3 Å². The van der Waals surface area contributed by atoms with Crippen LogP contribution in [0, 0.1) is 17.3 Å². The third kappa shape index (κ3) is 3.45. The van der Waals surface area contributed by atoms with Crippen LogP contribution in [-0.4, -0.2) is 57.1 Å². The second-order valence-electron chi connectivity index (χ2n) is 12.2. The van der Waals surface area contributed by atoms with Gasteiger partial charge in [0.15, 0.2) is 12.1 Å². The van der Waals surface area contributed by atoms with Gasteiger partial charge in [0.25, 0.3) is 0 Å². The molecule has 3 saturated carbocycles. The van der Waals surface area contributed by atoms with Crippen molar-refractivity contribution in [3.63, 3.8) is 0 Å². The summed E-state index contributed by atoms with van der Waals surface area (Å²) in [5, 5.41) is 12.1. The van der Waals surface area contributed by atoms with E-state index in [1.165, 1.54) is 29.6 Å². The Balaban J connectivity index is 1.45. The molecule has 0 aromatic heterocycles. The highest BCUT2D eigenvalue weighted by atomic mass is 16.7. The van der Waals surface area contributed by atoms with Gasteiger partial charge >= 0.3 is 0 Å². The molecule has 0 bridgehead atoms. The van der Waals surface area contributed by atoms with Gasteiger partial charge in [0.1, 0.15) is 0 Å². The van der Waals surface area contributed by atoms with Crippen LogP contribution in [0.4, 0.5) is 0 Å². The van der Waals surface area contributed by atoms with Crippen molar-refractivity contribution in [2.45, 2.75) is 87.5 Å². The molecule has 1 aromatic rings. The fraction of sp³-hybridized carbons (Fsp3) is 0.733. The number of fused-ring (bicyclic) bond motifs is 5. The van der Waals surface area contributed by atoms with Crippen LogP contribution in [0.3, 0.4) is 0 Å². The zero-order valence-corrected chi connectivity index (χ0v) is 22.5. The molecule has 36 heavy (non-hydrogen) atoms. The molecule has 6 atom stereocenters. The molecule has 5 aliphatic rings. The van der Waals surface area contributed by atoms with Gasteiger partial charge in [0.05, 0.1) is 17.8 Å². The molecule has 6 heteroatoms. The first-order valence-electron chi connectivity index (χ1n) is 13.6. The maximum atomic E-state index is 12.1. The zero-order valence-electron chi connectivity index (χ0n) is 22.5. The Labute approximate surface area is 215 Å². The average Bonchev–Trinajstić information content (AvgIpc) is 3.64. The molecule has 2 unspecified atom stereocenters. The number of methoxy groups -OCH3 is 4. The lowest BCUT2D eigenvalue weighted by Crippen LogP contribution is -2.54. The number of ether oxygens (including phenoxy) is 5. The van der Waals surface area contributed by atoms with E-state index in [0.29, 0.717) is 18.3 Å². The molecule has 198 valence electrons. The minimum Gasteiger partial charge on any atom is -0.385 e. The Hall–Kier alpha value is -1.28. The van der Waals surface area contributed by atoms with Gasteiger partial charge in [0, 0.05) is 58.2 Å². The molecule has 1 spiro atoms. The van der Waals surface area contributed by atoms with E-state index in [1.54, 1.807) is 28.4 Å². The van der Waals surface area contributed by atoms with Crippen LogP contribution < -0.4 is 0 Å². The monoisotopic (exact) mass is 498 g/mol. The van der Waals surface area contributed by atoms with E-state index in [2.05, 4.69) is 31.2 Å². The number of allylic oxidation sites excluding steroid dienone is 1. The topological polar surface area (TPSA) is 69.7 Å². The molecule has 1 N–H and O–H groups in total. The van der Waals surface area contributed by atoms with E-state index in [9.17, 15) is 5.11 Å². The van der Waals surface area contributed by atoms with Gasteiger partial charge in [-0.15, -0.1) is 0 Å². The summed E-state index contributed by atoms with van der Waals surface area (Å²) in [6.45, 7) is 3.40. The Morgan fingerprint density at radius 3 is 2.28 bits per heavy atom. The number of hydrogen-bond acceptors (Lipinski definition) is 6. The summed E-state index contributed by atoms with van der Waals surface area (Å²) >= 11 is 0. The maximum absolute atomic E-state index is 12.1. The van der Waals surface area contributed by atoms with Crippen LogP contribution in [0.1, 0.15) is 81.6 Å². The summed E-state index contributed by atoms with van der Waals surface area (Å²) in [6.07, 6.45) is 6.99. The number of rotatable bonds is 6. The van der Waals surface area contributed by atoms with Crippen molar-refractivity contribution in [2.75, 3.05) is 35.0 Å². The third-order valence-corrected chi connectivity index (χ3v) is 11.0. The smallest absolute Gasteiger partial charge is 0.183 e. The normalized spacial score (nSPS) is 40.8. The highest BCUT2D eigenvalue weighted by Crippen LogP contribution is 2.71. The third-order valence-electron chi connectivity index (χ3n) is 11.0. The molecule has 6 rings (SSSR count). The lowest BCUT2D eigenvalue weighted by molar-refractivity contribution is -0.246. The predicted octanol–water partition coefficient (Wildman–Crippen LogP) is 5.26. The summed E-state index contributed by atoms with van der Waals surface area (Å²) in [6, 6.07) is 8.77. The Kier molecular flexibility index (Phi) is 5.99. The van der Waals surface area contributed by atoms with Gasteiger partial charge < -0.3 is 28.8 Å². The van der Waals surface area contributed by atoms with Crippen LogP contribution in [0.2, 0.25) is 0 Å². The SMILES string of the molecule is COC(OC)c1ccc([C@H]2C[C@@]3(C)C(CC[C@@]34CO4)C3CC[C@@]4(O)CC(OC)(OC)CCC4=C32)cc1. The van der Waals surface area contributed by atoms with E-state index >= 15 is 0 Å². The molecule has 4 aliphatic carbocycles. The van der Waals surface area contributed by atoms with Crippen LogP contribution in [0.5, 0.6) is 0 Å². The van der Waals surface area contributed by atoms with Crippen LogP contribution >= 0.6 is 0 Å². The Bertz CT molecular complexity index is 1020. The average molecular weight is 499 g/mol. The molecule has 4 fully saturated rings. The van der Waals surface area contributed by atoms with Crippen molar-refractivity contribution >= 4 is 0 Å². The van der Waals surface area contributed by atoms with E-state index in [4.69, 9.17) is 23.7 Å². The fourth-order valence-corrected chi connectivity index (χ4v) is 8.89. The minimum absolute atomic E-state index is 0.0603. The standard InChI is InChI=1S/C30H42O6/c1-27-16-22(19-6-8-20(9-7-19)26(32-2)33-3)25-21(23(27)11-14-29(27)18-36-29)10-13-28(31)17-30(34-4,35-5)15-12-24(25)28/h6-9,21-23,26,31H,10-18H2,1-5H3/t21?,22-,23?,27+,28-,29-/m1/s1. The van der Waals surface area contributed by atoms with Crippen molar-refractivity contribution in [3.05, 3.63) is 46.5 Å². The molecule has 6 nitrogen and oxygen atoms in total. The minimum atomic E-state index is -0.869.